The molecule has 4 nitrogen and oxygen atoms in total. The largest absolute Gasteiger partial charge is 0.466 e. The summed E-state index contributed by atoms with van der Waals surface area (Å²) in [5, 5.41) is 0. The molecule has 0 bridgehead atoms. The number of nitrogens with zero attached hydrogens (tertiary/aromatic N) is 1. The minimum Gasteiger partial charge on any atom is -0.466 e. The van der Waals surface area contributed by atoms with Crippen LogP contribution in [0, 0.1) is 0 Å². The van der Waals surface area contributed by atoms with Crippen LogP contribution in [-0.4, -0.2) is 44.9 Å². The molecule has 72 valence electrons. The molecule has 4 heteroatoms. The van der Waals surface area contributed by atoms with E-state index in [1.807, 2.05) is 28.1 Å². The van der Waals surface area contributed by atoms with Gasteiger partial charge >= 0.3 is 5.97 Å². The number of rotatable bonds is 5. The van der Waals surface area contributed by atoms with Crippen molar-refractivity contribution < 1.29 is 14.1 Å². The van der Waals surface area contributed by atoms with Gasteiger partial charge in [-0.1, -0.05) is 0 Å². The number of carbonyl (C=O) groups is 1. The Morgan fingerprint density at radius 2 is 2.00 bits per heavy atom. The Hall–Kier alpha value is -0.610. The summed E-state index contributed by atoms with van der Waals surface area (Å²) in [7, 11) is 6.02. The van der Waals surface area contributed by atoms with Crippen molar-refractivity contribution in [3.05, 3.63) is 0 Å². The fourth-order valence-corrected chi connectivity index (χ4v) is 0.727. The lowest BCUT2D eigenvalue weighted by atomic mass is 10.4. The topological polar surface area (TPSA) is 38.3 Å². The van der Waals surface area contributed by atoms with Gasteiger partial charge in [-0.15, -0.1) is 0 Å². The van der Waals surface area contributed by atoms with Crippen LogP contribution in [0.1, 0.15) is 13.3 Å². The number of hydrogen-bond donors (Lipinski definition) is 1. The Balaban J connectivity index is 3.37. The van der Waals surface area contributed by atoms with E-state index in [4.69, 9.17) is 4.74 Å². The second-order valence-corrected chi connectivity index (χ2v) is 3.48. The molecule has 0 rings (SSSR count). The zero-order valence-corrected chi connectivity index (χ0v) is 8.39. The van der Waals surface area contributed by atoms with E-state index >= 15 is 0 Å². The van der Waals surface area contributed by atoms with E-state index in [0.29, 0.717) is 24.2 Å². The van der Waals surface area contributed by atoms with Gasteiger partial charge in [0.25, 0.3) is 0 Å². The molecule has 0 radical (unpaired) electrons. The maximum atomic E-state index is 10.9. The Morgan fingerprint density at radius 1 is 1.42 bits per heavy atom. The highest BCUT2D eigenvalue weighted by atomic mass is 16.5. The van der Waals surface area contributed by atoms with E-state index in [1.165, 1.54) is 0 Å². The van der Waals surface area contributed by atoms with Crippen LogP contribution in [0.2, 0.25) is 0 Å². The first-order valence-electron chi connectivity index (χ1n) is 4.18. The SMILES string of the molecule is CCOC(=O)CCN[N+](C)(C)C. The molecule has 0 aromatic carbocycles. The van der Waals surface area contributed by atoms with Crippen LogP contribution < -0.4 is 5.43 Å². The van der Waals surface area contributed by atoms with Gasteiger partial charge in [0.15, 0.2) is 0 Å². The van der Waals surface area contributed by atoms with Crippen LogP contribution in [-0.2, 0) is 9.53 Å². The van der Waals surface area contributed by atoms with Crippen molar-refractivity contribution in [3.63, 3.8) is 0 Å². The number of hydrogen-bond acceptors (Lipinski definition) is 3. The fourth-order valence-electron chi connectivity index (χ4n) is 0.727. The quantitative estimate of drug-likeness (QED) is 0.367. The van der Waals surface area contributed by atoms with Gasteiger partial charge in [0.05, 0.1) is 40.7 Å². The lowest BCUT2D eigenvalue weighted by molar-refractivity contribution is -0.915. The lowest BCUT2D eigenvalue weighted by Gasteiger charge is -2.23. The van der Waals surface area contributed by atoms with Crippen LogP contribution in [0.15, 0.2) is 0 Å². The predicted octanol–water partition coefficient (Wildman–Crippen LogP) is 0.150. The van der Waals surface area contributed by atoms with Crippen molar-refractivity contribution in [1.29, 1.82) is 0 Å². The number of nitrogens with one attached hydrogen (secondary N) is 1. The average Bonchev–Trinajstić information content (AvgIpc) is 1.84. The summed E-state index contributed by atoms with van der Waals surface area (Å²) in [6.07, 6.45) is 0.434. The van der Waals surface area contributed by atoms with Gasteiger partial charge < -0.3 is 4.74 Å². The average molecular weight is 175 g/mol. The molecule has 0 unspecified atom stereocenters. The minimum atomic E-state index is -0.140. The molecular weight excluding hydrogens is 156 g/mol. The first-order chi connectivity index (χ1) is 5.45. The van der Waals surface area contributed by atoms with Crippen LogP contribution in [0.25, 0.3) is 0 Å². The van der Waals surface area contributed by atoms with E-state index in [2.05, 4.69) is 5.43 Å². The molecule has 1 N–H and O–H groups in total. The lowest BCUT2D eigenvalue weighted by Crippen LogP contribution is -2.48. The summed E-state index contributed by atoms with van der Waals surface area (Å²) < 4.78 is 5.42. The highest BCUT2D eigenvalue weighted by Crippen LogP contribution is 1.87. The molecule has 0 fully saturated rings. The van der Waals surface area contributed by atoms with Gasteiger partial charge in [0.1, 0.15) is 0 Å². The third kappa shape index (κ3) is 7.50. The number of ether oxygens (including phenoxy) is 1. The molecular formula is C8H19N2O2+. The molecule has 12 heavy (non-hydrogen) atoms. The van der Waals surface area contributed by atoms with Gasteiger partial charge in [-0.25, -0.2) is 0 Å². The van der Waals surface area contributed by atoms with E-state index < -0.39 is 0 Å². The third-order valence-corrected chi connectivity index (χ3v) is 1.22. The van der Waals surface area contributed by atoms with Crippen LogP contribution in [0.4, 0.5) is 0 Å². The first-order valence-corrected chi connectivity index (χ1v) is 4.18. The smallest absolute Gasteiger partial charge is 0.307 e. The van der Waals surface area contributed by atoms with E-state index in [-0.39, 0.29) is 5.97 Å². The van der Waals surface area contributed by atoms with Gasteiger partial charge in [0.2, 0.25) is 0 Å². The molecule has 0 aliphatic rings. The van der Waals surface area contributed by atoms with Gasteiger partial charge in [-0.3, -0.25) is 9.39 Å². The molecule has 0 aliphatic heterocycles. The van der Waals surface area contributed by atoms with E-state index in [9.17, 15) is 4.79 Å². The number of esters is 1. The predicted molar refractivity (Wildman–Crippen MR) is 47.3 cm³/mol. The van der Waals surface area contributed by atoms with E-state index in [0.717, 1.165) is 0 Å². The maximum Gasteiger partial charge on any atom is 0.307 e. The Labute approximate surface area is 74.1 Å². The molecule has 0 saturated carbocycles. The standard InChI is InChI=1S/C8H19N2O2/c1-5-12-8(11)6-7-9-10(2,3)4/h9H,5-7H2,1-4H3/q+1. The summed E-state index contributed by atoms with van der Waals surface area (Å²) in [5.74, 6) is -0.140. The second kappa shape index (κ2) is 5.11. The summed E-state index contributed by atoms with van der Waals surface area (Å²) in [6.45, 7) is 2.93. The molecule has 0 amide bonds. The summed E-state index contributed by atoms with van der Waals surface area (Å²) >= 11 is 0. The number of carbonyl (C=O) groups excluding carboxylic acids is 1. The molecule has 0 spiro atoms. The summed E-state index contributed by atoms with van der Waals surface area (Å²) in [4.78, 5) is 10.9. The Bertz CT molecular complexity index is 140. The zero-order chi connectivity index (χ0) is 9.61. The first kappa shape index (κ1) is 11.4. The monoisotopic (exact) mass is 175 g/mol. The fraction of sp³-hybridized carbons (Fsp3) is 0.875. The third-order valence-electron chi connectivity index (χ3n) is 1.22. The molecule has 0 saturated heterocycles. The molecule has 0 aliphatic carbocycles. The second-order valence-electron chi connectivity index (χ2n) is 3.48. The highest BCUT2D eigenvalue weighted by Gasteiger charge is 2.07. The van der Waals surface area contributed by atoms with Gasteiger partial charge in [0, 0.05) is 0 Å². The normalized spacial score (nSPS) is 11.3. The van der Waals surface area contributed by atoms with Crippen molar-refractivity contribution in [2.24, 2.45) is 0 Å². The van der Waals surface area contributed by atoms with Crippen molar-refractivity contribution in [2.75, 3.05) is 34.3 Å². The van der Waals surface area contributed by atoms with Crippen molar-refractivity contribution in [3.8, 4) is 0 Å². The highest BCUT2D eigenvalue weighted by molar-refractivity contribution is 5.69. The van der Waals surface area contributed by atoms with Crippen LogP contribution in [0.3, 0.4) is 0 Å². The zero-order valence-electron chi connectivity index (χ0n) is 8.39. The molecule has 0 heterocycles. The van der Waals surface area contributed by atoms with Gasteiger partial charge in [-0.2, -0.15) is 5.43 Å². The Morgan fingerprint density at radius 3 is 2.42 bits per heavy atom. The molecule has 0 aromatic heterocycles. The molecule has 0 atom stereocenters. The van der Waals surface area contributed by atoms with Gasteiger partial charge in [-0.05, 0) is 6.92 Å². The van der Waals surface area contributed by atoms with E-state index in [1.54, 1.807) is 0 Å². The van der Waals surface area contributed by atoms with Crippen LogP contribution >= 0.6 is 0 Å². The van der Waals surface area contributed by atoms with Crippen molar-refractivity contribution in [1.82, 2.24) is 5.43 Å². The summed E-state index contributed by atoms with van der Waals surface area (Å²) in [6, 6.07) is 0. The summed E-state index contributed by atoms with van der Waals surface area (Å²) in [5.41, 5.74) is 3.15. The molecule has 0 aromatic rings. The van der Waals surface area contributed by atoms with Crippen LogP contribution in [0.5, 0.6) is 0 Å². The number of quaternary nitrogens is 1. The maximum absolute atomic E-state index is 10.9. The Kier molecular flexibility index (Phi) is 4.85. The minimum absolute atomic E-state index is 0.140. The van der Waals surface area contributed by atoms with Crippen molar-refractivity contribution >= 4 is 5.97 Å². The van der Waals surface area contributed by atoms with Crippen molar-refractivity contribution in [2.45, 2.75) is 13.3 Å².